The fourth-order valence-corrected chi connectivity index (χ4v) is 2.55. The van der Waals surface area contributed by atoms with E-state index in [1.54, 1.807) is 12.1 Å². The van der Waals surface area contributed by atoms with Crippen molar-refractivity contribution in [3.05, 3.63) is 70.8 Å². The van der Waals surface area contributed by atoms with E-state index in [9.17, 15) is 9.59 Å². The summed E-state index contributed by atoms with van der Waals surface area (Å²) in [5.41, 5.74) is 12.4. The predicted molar refractivity (Wildman–Crippen MR) is 82.0 cm³/mol. The summed E-state index contributed by atoms with van der Waals surface area (Å²) < 4.78 is 0. The van der Waals surface area contributed by atoms with E-state index in [4.69, 9.17) is 11.5 Å². The number of nitrogens with two attached hydrogens (primary N) is 2. The summed E-state index contributed by atoms with van der Waals surface area (Å²) in [5, 5.41) is 0. The summed E-state index contributed by atoms with van der Waals surface area (Å²) in [6, 6.07) is 14.8. The third-order valence-corrected chi connectivity index (χ3v) is 3.75. The molecule has 0 radical (unpaired) electrons. The van der Waals surface area contributed by atoms with Gasteiger partial charge in [-0.2, -0.15) is 0 Å². The van der Waals surface area contributed by atoms with Crippen molar-refractivity contribution in [2.75, 3.05) is 0 Å². The van der Waals surface area contributed by atoms with Gasteiger partial charge in [-0.3, -0.25) is 9.59 Å². The van der Waals surface area contributed by atoms with E-state index < -0.39 is 17.2 Å². The molecule has 0 atom stereocenters. The molecule has 2 rings (SSSR count). The first-order valence-corrected chi connectivity index (χ1v) is 6.64. The van der Waals surface area contributed by atoms with Crippen LogP contribution in [0.3, 0.4) is 0 Å². The van der Waals surface area contributed by atoms with Crippen LogP contribution in [-0.2, 0) is 5.41 Å². The Morgan fingerprint density at radius 2 is 1.48 bits per heavy atom. The highest BCUT2D eigenvalue weighted by molar-refractivity contribution is 6.07. The Hall–Kier alpha value is -2.62. The first kappa shape index (κ1) is 14.8. The molecule has 0 heterocycles. The molecule has 0 fully saturated rings. The van der Waals surface area contributed by atoms with Gasteiger partial charge in [0.25, 0.3) is 0 Å². The van der Waals surface area contributed by atoms with Gasteiger partial charge in [-0.25, -0.2) is 0 Å². The Balaban J connectivity index is 2.72. The highest BCUT2D eigenvalue weighted by Gasteiger charge is 2.29. The molecule has 0 aromatic heterocycles. The number of rotatable bonds is 4. The van der Waals surface area contributed by atoms with Crippen molar-refractivity contribution in [3.8, 4) is 0 Å². The van der Waals surface area contributed by atoms with E-state index in [0.717, 1.165) is 5.56 Å². The molecule has 0 unspecified atom stereocenters. The molecule has 0 saturated heterocycles. The first-order valence-electron chi connectivity index (χ1n) is 6.64. The lowest BCUT2D eigenvalue weighted by molar-refractivity contribution is 0.0966. The molecule has 0 aliphatic heterocycles. The number of primary amides is 2. The molecule has 4 heteroatoms. The van der Waals surface area contributed by atoms with Crippen molar-refractivity contribution in [1.82, 2.24) is 0 Å². The molecular weight excluding hydrogens is 264 g/mol. The van der Waals surface area contributed by atoms with E-state index in [1.165, 1.54) is 6.07 Å². The monoisotopic (exact) mass is 282 g/mol. The van der Waals surface area contributed by atoms with Crippen molar-refractivity contribution < 1.29 is 9.59 Å². The summed E-state index contributed by atoms with van der Waals surface area (Å²) in [6.07, 6.45) is 0. The molecule has 4 N–H and O–H groups in total. The zero-order valence-electron chi connectivity index (χ0n) is 12.1. The van der Waals surface area contributed by atoms with Gasteiger partial charge >= 0.3 is 0 Å². The topological polar surface area (TPSA) is 86.2 Å². The zero-order valence-corrected chi connectivity index (χ0v) is 12.1. The van der Waals surface area contributed by atoms with Crippen LogP contribution in [0.4, 0.5) is 0 Å². The van der Waals surface area contributed by atoms with Gasteiger partial charge in [0, 0.05) is 5.41 Å². The SMILES string of the molecule is CC(C)(c1ccccc1)c1cccc(C(N)=O)c1C(N)=O. The van der Waals surface area contributed by atoms with Crippen LogP contribution in [0.15, 0.2) is 48.5 Å². The normalized spacial score (nSPS) is 11.1. The minimum Gasteiger partial charge on any atom is -0.366 e. The highest BCUT2D eigenvalue weighted by Crippen LogP contribution is 2.34. The van der Waals surface area contributed by atoms with Crippen LogP contribution in [0.5, 0.6) is 0 Å². The molecule has 21 heavy (non-hydrogen) atoms. The van der Waals surface area contributed by atoms with Crippen LogP contribution in [0, 0.1) is 0 Å². The van der Waals surface area contributed by atoms with E-state index in [1.807, 2.05) is 44.2 Å². The molecular formula is C17H18N2O2. The molecule has 2 aromatic carbocycles. The molecule has 4 nitrogen and oxygen atoms in total. The second-order valence-corrected chi connectivity index (χ2v) is 5.45. The molecule has 2 amide bonds. The lowest BCUT2D eigenvalue weighted by atomic mass is 9.75. The fraction of sp³-hybridized carbons (Fsp3) is 0.176. The second kappa shape index (κ2) is 5.40. The summed E-state index contributed by atoms with van der Waals surface area (Å²) >= 11 is 0. The van der Waals surface area contributed by atoms with Gasteiger partial charge in [0.05, 0.1) is 11.1 Å². The van der Waals surface area contributed by atoms with E-state index in [2.05, 4.69) is 0 Å². The summed E-state index contributed by atoms with van der Waals surface area (Å²) in [6.45, 7) is 3.96. The largest absolute Gasteiger partial charge is 0.366 e. The fourth-order valence-electron chi connectivity index (χ4n) is 2.55. The first-order chi connectivity index (χ1) is 9.85. The predicted octanol–water partition coefficient (Wildman–Crippen LogP) is 2.21. The minimum absolute atomic E-state index is 0.156. The van der Waals surface area contributed by atoms with Crippen LogP contribution in [0.2, 0.25) is 0 Å². The number of benzene rings is 2. The second-order valence-electron chi connectivity index (χ2n) is 5.45. The maximum absolute atomic E-state index is 11.8. The van der Waals surface area contributed by atoms with Crippen LogP contribution in [0.1, 0.15) is 45.7 Å². The number of hydrogen-bond acceptors (Lipinski definition) is 2. The lowest BCUT2D eigenvalue weighted by Crippen LogP contribution is -2.28. The van der Waals surface area contributed by atoms with Crippen molar-refractivity contribution in [1.29, 1.82) is 0 Å². The van der Waals surface area contributed by atoms with Gasteiger partial charge in [0.1, 0.15) is 0 Å². The van der Waals surface area contributed by atoms with Crippen LogP contribution in [0.25, 0.3) is 0 Å². The Bertz CT molecular complexity index is 691. The van der Waals surface area contributed by atoms with Crippen molar-refractivity contribution in [3.63, 3.8) is 0 Å². The number of carbonyl (C=O) groups is 2. The lowest BCUT2D eigenvalue weighted by Gasteiger charge is -2.28. The number of amides is 2. The molecule has 2 aromatic rings. The Kier molecular flexibility index (Phi) is 3.80. The summed E-state index contributed by atoms with van der Waals surface area (Å²) in [4.78, 5) is 23.4. The molecule has 0 saturated carbocycles. The Morgan fingerprint density at radius 3 is 2.00 bits per heavy atom. The average Bonchev–Trinajstić information content (AvgIpc) is 2.47. The van der Waals surface area contributed by atoms with Gasteiger partial charge < -0.3 is 11.5 Å². The van der Waals surface area contributed by atoms with E-state index in [-0.39, 0.29) is 11.1 Å². The van der Waals surface area contributed by atoms with Crippen LogP contribution < -0.4 is 11.5 Å². The summed E-state index contributed by atoms with van der Waals surface area (Å²) in [7, 11) is 0. The van der Waals surface area contributed by atoms with Crippen molar-refractivity contribution >= 4 is 11.8 Å². The molecule has 0 aliphatic rings. The van der Waals surface area contributed by atoms with Crippen molar-refractivity contribution in [2.45, 2.75) is 19.3 Å². The quantitative estimate of drug-likeness (QED) is 0.900. The minimum atomic E-state index is -0.658. The van der Waals surface area contributed by atoms with Crippen LogP contribution >= 0.6 is 0 Å². The van der Waals surface area contributed by atoms with Gasteiger partial charge in [0.15, 0.2) is 0 Å². The maximum Gasteiger partial charge on any atom is 0.249 e. The molecule has 0 bridgehead atoms. The average molecular weight is 282 g/mol. The Morgan fingerprint density at radius 1 is 0.857 bits per heavy atom. The maximum atomic E-state index is 11.8. The molecule has 108 valence electrons. The van der Waals surface area contributed by atoms with Crippen molar-refractivity contribution in [2.24, 2.45) is 11.5 Å². The van der Waals surface area contributed by atoms with E-state index in [0.29, 0.717) is 5.56 Å². The van der Waals surface area contributed by atoms with Gasteiger partial charge in [-0.05, 0) is 17.2 Å². The smallest absolute Gasteiger partial charge is 0.249 e. The van der Waals surface area contributed by atoms with E-state index >= 15 is 0 Å². The highest BCUT2D eigenvalue weighted by atomic mass is 16.2. The van der Waals surface area contributed by atoms with Gasteiger partial charge in [-0.1, -0.05) is 56.3 Å². The molecule has 0 aliphatic carbocycles. The summed E-state index contributed by atoms with van der Waals surface area (Å²) in [5.74, 6) is -1.31. The standard InChI is InChI=1S/C17H18N2O2/c1-17(2,11-7-4-3-5-8-11)13-10-6-9-12(15(18)20)14(13)16(19)21/h3-10H,1-2H3,(H2,18,20)(H2,19,21). The molecule has 0 spiro atoms. The third-order valence-electron chi connectivity index (χ3n) is 3.75. The zero-order chi connectivity index (χ0) is 15.6. The van der Waals surface area contributed by atoms with Gasteiger partial charge in [0.2, 0.25) is 11.8 Å². The third kappa shape index (κ3) is 2.65. The van der Waals surface area contributed by atoms with Gasteiger partial charge in [-0.15, -0.1) is 0 Å². The van der Waals surface area contributed by atoms with Crippen LogP contribution in [-0.4, -0.2) is 11.8 Å². The number of hydrogen-bond donors (Lipinski definition) is 2. The number of carbonyl (C=O) groups excluding carboxylic acids is 2. The Labute approximate surface area is 123 Å².